The van der Waals surface area contributed by atoms with E-state index in [1.807, 2.05) is 10.8 Å². The van der Waals surface area contributed by atoms with Crippen molar-refractivity contribution in [3.05, 3.63) is 17.7 Å². The molecule has 100 valence electrons. The molecule has 0 saturated carbocycles. The van der Waals surface area contributed by atoms with Crippen LogP contribution in [0.3, 0.4) is 0 Å². The third-order valence-electron chi connectivity index (χ3n) is 4.02. The van der Waals surface area contributed by atoms with Crippen molar-refractivity contribution in [1.29, 1.82) is 0 Å². The Bertz CT molecular complexity index is 550. The number of aryl methyl sites for hydroxylation is 1. The van der Waals surface area contributed by atoms with Crippen LogP contribution in [0, 0.1) is 0 Å². The molecule has 3 rings (SSSR count). The standard InChI is InChI=1S/C12H19N3O2S/c13-11-4-1-5-12-14-9(8-15(11)12)7-10-3-2-6-18(10,16)17/h8,10-11H,1-7,13H2. The number of aromatic nitrogens is 2. The van der Waals surface area contributed by atoms with Crippen LogP contribution in [0.4, 0.5) is 0 Å². The summed E-state index contributed by atoms with van der Waals surface area (Å²) >= 11 is 0. The van der Waals surface area contributed by atoms with Gasteiger partial charge in [0.05, 0.1) is 22.9 Å². The summed E-state index contributed by atoms with van der Waals surface area (Å²) in [5, 5.41) is -0.231. The van der Waals surface area contributed by atoms with Gasteiger partial charge in [0.15, 0.2) is 9.84 Å². The monoisotopic (exact) mass is 269 g/mol. The topological polar surface area (TPSA) is 78.0 Å². The van der Waals surface area contributed by atoms with Gasteiger partial charge >= 0.3 is 0 Å². The molecular formula is C12H19N3O2S. The maximum absolute atomic E-state index is 11.8. The van der Waals surface area contributed by atoms with Crippen LogP contribution in [0.5, 0.6) is 0 Å². The summed E-state index contributed by atoms with van der Waals surface area (Å²) in [7, 11) is -2.88. The number of nitrogens with zero attached hydrogens (tertiary/aromatic N) is 2. The van der Waals surface area contributed by atoms with Gasteiger partial charge in [0.2, 0.25) is 0 Å². The number of imidazole rings is 1. The van der Waals surface area contributed by atoms with Gasteiger partial charge in [-0.1, -0.05) is 0 Å². The maximum Gasteiger partial charge on any atom is 0.153 e. The van der Waals surface area contributed by atoms with Gasteiger partial charge in [-0.3, -0.25) is 0 Å². The second-order valence-corrected chi connectivity index (χ2v) is 7.75. The van der Waals surface area contributed by atoms with E-state index in [0.717, 1.165) is 43.6 Å². The van der Waals surface area contributed by atoms with Gasteiger partial charge in [0, 0.05) is 19.0 Å². The molecule has 0 radical (unpaired) electrons. The minimum Gasteiger partial charge on any atom is -0.319 e. The zero-order chi connectivity index (χ0) is 12.8. The minimum atomic E-state index is -2.88. The molecule has 0 bridgehead atoms. The van der Waals surface area contributed by atoms with Gasteiger partial charge in [-0.25, -0.2) is 13.4 Å². The fraction of sp³-hybridized carbons (Fsp3) is 0.750. The summed E-state index contributed by atoms with van der Waals surface area (Å²) in [6.45, 7) is 0. The quantitative estimate of drug-likeness (QED) is 0.861. The van der Waals surface area contributed by atoms with Crippen LogP contribution < -0.4 is 5.73 Å². The lowest BCUT2D eigenvalue weighted by Gasteiger charge is -2.20. The largest absolute Gasteiger partial charge is 0.319 e. The fourth-order valence-corrected chi connectivity index (χ4v) is 4.84. The second-order valence-electron chi connectivity index (χ2n) is 5.35. The van der Waals surface area contributed by atoms with Crippen molar-refractivity contribution in [3.8, 4) is 0 Å². The average Bonchev–Trinajstić information content (AvgIpc) is 2.84. The van der Waals surface area contributed by atoms with Crippen molar-refractivity contribution < 1.29 is 8.42 Å². The van der Waals surface area contributed by atoms with Gasteiger partial charge < -0.3 is 10.3 Å². The Morgan fingerprint density at radius 1 is 1.39 bits per heavy atom. The van der Waals surface area contributed by atoms with E-state index in [1.54, 1.807) is 0 Å². The van der Waals surface area contributed by atoms with E-state index in [-0.39, 0.29) is 11.4 Å². The smallest absolute Gasteiger partial charge is 0.153 e. The lowest BCUT2D eigenvalue weighted by Crippen LogP contribution is -2.24. The van der Waals surface area contributed by atoms with Crippen LogP contribution in [-0.4, -0.2) is 29.0 Å². The first-order chi connectivity index (χ1) is 8.56. The molecule has 1 aromatic heterocycles. The second kappa shape index (κ2) is 4.35. The molecule has 0 aromatic carbocycles. The highest BCUT2D eigenvalue weighted by molar-refractivity contribution is 7.92. The predicted octanol–water partition coefficient (Wildman–Crippen LogP) is 0.796. The lowest BCUT2D eigenvalue weighted by atomic mass is 10.1. The maximum atomic E-state index is 11.8. The van der Waals surface area contributed by atoms with Gasteiger partial charge in [-0.2, -0.15) is 0 Å². The van der Waals surface area contributed by atoms with E-state index in [2.05, 4.69) is 4.98 Å². The highest BCUT2D eigenvalue weighted by Gasteiger charge is 2.32. The number of sulfone groups is 1. The molecule has 1 fully saturated rings. The first-order valence-electron chi connectivity index (χ1n) is 6.60. The summed E-state index contributed by atoms with van der Waals surface area (Å²) < 4.78 is 25.6. The Morgan fingerprint density at radius 2 is 2.22 bits per heavy atom. The molecule has 0 amide bonds. The van der Waals surface area contributed by atoms with Crippen LogP contribution in [0.1, 0.15) is 43.4 Å². The van der Waals surface area contributed by atoms with E-state index < -0.39 is 9.84 Å². The Hall–Kier alpha value is -0.880. The first kappa shape index (κ1) is 12.2. The molecule has 18 heavy (non-hydrogen) atoms. The molecule has 3 heterocycles. The fourth-order valence-electron chi connectivity index (χ4n) is 2.99. The van der Waals surface area contributed by atoms with Gasteiger partial charge in [-0.15, -0.1) is 0 Å². The van der Waals surface area contributed by atoms with Crippen LogP contribution in [0.25, 0.3) is 0 Å². The van der Waals surface area contributed by atoms with Crippen molar-refractivity contribution in [2.75, 3.05) is 5.75 Å². The molecule has 0 spiro atoms. The predicted molar refractivity (Wildman–Crippen MR) is 68.9 cm³/mol. The molecule has 2 atom stereocenters. The van der Waals surface area contributed by atoms with Crippen LogP contribution >= 0.6 is 0 Å². The molecule has 1 saturated heterocycles. The van der Waals surface area contributed by atoms with Gasteiger partial charge in [0.1, 0.15) is 5.82 Å². The van der Waals surface area contributed by atoms with E-state index in [0.29, 0.717) is 12.2 Å². The Balaban J connectivity index is 1.82. The van der Waals surface area contributed by atoms with Crippen molar-refractivity contribution in [3.63, 3.8) is 0 Å². The van der Waals surface area contributed by atoms with Gasteiger partial charge in [0.25, 0.3) is 0 Å². The van der Waals surface area contributed by atoms with Crippen LogP contribution in [0.15, 0.2) is 6.20 Å². The molecule has 6 heteroatoms. The zero-order valence-electron chi connectivity index (χ0n) is 10.4. The molecule has 2 aliphatic rings. The van der Waals surface area contributed by atoms with E-state index in [9.17, 15) is 8.42 Å². The van der Waals surface area contributed by atoms with Crippen molar-refractivity contribution in [2.24, 2.45) is 5.73 Å². The molecular weight excluding hydrogens is 250 g/mol. The van der Waals surface area contributed by atoms with E-state index >= 15 is 0 Å². The number of rotatable bonds is 2. The van der Waals surface area contributed by atoms with Crippen molar-refractivity contribution >= 4 is 9.84 Å². The summed E-state index contributed by atoms with van der Waals surface area (Å²) in [4.78, 5) is 4.55. The Morgan fingerprint density at radius 3 is 2.89 bits per heavy atom. The van der Waals surface area contributed by atoms with Crippen molar-refractivity contribution in [2.45, 2.75) is 49.9 Å². The van der Waals surface area contributed by atoms with Crippen molar-refractivity contribution in [1.82, 2.24) is 9.55 Å². The summed E-state index contributed by atoms with van der Waals surface area (Å²) in [5.74, 6) is 1.35. The third kappa shape index (κ3) is 2.07. The van der Waals surface area contributed by atoms with Crippen LogP contribution in [0.2, 0.25) is 0 Å². The average molecular weight is 269 g/mol. The molecule has 0 aliphatic carbocycles. The number of fused-ring (bicyclic) bond motifs is 1. The Kier molecular flexibility index (Phi) is 2.94. The number of hydrogen-bond donors (Lipinski definition) is 1. The number of hydrogen-bond acceptors (Lipinski definition) is 4. The highest BCUT2D eigenvalue weighted by atomic mass is 32.2. The van der Waals surface area contributed by atoms with E-state index in [4.69, 9.17) is 5.73 Å². The summed E-state index contributed by atoms with van der Waals surface area (Å²) in [6, 6.07) is 0. The summed E-state index contributed by atoms with van der Waals surface area (Å²) in [5.41, 5.74) is 6.91. The molecule has 2 N–H and O–H groups in total. The van der Waals surface area contributed by atoms with Gasteiger partial charge in [-0.05, 0) is 25.7 Å². The van der Waals surface area contributed by atoms with E-state index in [1.165, 1.54) is 0 Å². The third-order valence-corrected chi connectivity index (χ3v) is 6.29. The molecule has 2 unspecified atom stereocenters. The molecule has 1 aromatic rings. The minimum absolute atomic E-state index is 0.00943. The normalized spacial score (nSPS) is 30.3. The number of nitrogens with two attached hydrogens (primary N) is 1. The SMILES string of the molecule is NC1CCCc2nc(CC3CCCS3(=O)=O)cn21. The first-order valence-corrected chi connectivity index (χ1v) is 8.31. The highest BCUT2D eigenvalue weighted by Crippen LogP contribution is 2.26. The van der Waals surface area contributed by atoms with Crippen LogP contribution in [-0.2, 0) is 22.7 Å². The zero-order valence-corrected chi connectivity index (χ0v) is 11.2. The molecule has 5 nitrogen and oxygen atoms in total. The Labute approximate surface area is 107 Å². The molecule has 2 aliphatic heterocycles. The lowest BCUT2D eigenvalue weighted by molar-refractivity contribution is 0.408. The summed E-state index contributed by atoms with van der Waals surface area (Å²) in [6.07, 6.45) is 7.07.